The lowest BCUT2D eigenvalue weighted by Crippen LogP contribution is -2.16. The molecule has 21 heavy (non-hydrogen) atoms. The topological polar surface area (TPSA) is 64.3 Å². The first kappa shape index (κ1) is 15.7. The van der Waals surface area contributed by atoms with Gasteiger partial charge in [0, 0.05) is 5.02 Å². The van der Waals surface area contributed by atoms with Crippen LogP contribution < -0.4 is 15.8 Å². The van der Waals surface area contributed by atoms with E-state index >= 15 is 0 Å². The van der Waals surface area contributed by atoms with Gasteiger partial charge in [0.2, 0.25) is 5.91 Å². The second-order valence-corrected chi connectivity index (χ2v) is 5.60. The third kappa shape index (κ3) is 4.65. The summed E-state index contributed by atoms with van der Waals surface area (Å²) in [4.78, 5) is 11.8. The Kier molecular flexibility index (Phi) is 5.47. The highest BCUT2D eigenvalue weighted by molar-refractivity contribution is 9.10. The molecule has 0 heterocycles. The predicted octanol–water partition coefficient (Wildman–Crippen LogP) is 4.09. The SMILES string of the molecule is Nc1cc(Cl)ccc1NC(=O)CCOc1ccccc1Br. The molecule has 0 bridgehead atoms. The van der Waals surface area contributed by atoms with Crippen LogP contribution in [0.15, 0.2) is 46.9 Å². The maximum Gasteiger partial charge on any atom is 0.227 e. The van der Waals surface area contributed by atoms with Crippen molar-refractivity contribution in [3.63, 3.8) is 0 Å². The molecule has 0 saturated carbocycles. The van der Waals surface area contributed by atoms with E-state index in [1.165, 1.54) is 0 Å². The molecular formula is C15H14BrClN2O2. The second-order valence-electron chi connectivity index (χ2n) is 4.31. The van der Waals surface area contributed by atoms with E-state index in [1.807, 2.05) is 24.3 Å². The van der Waals surface area contributed by atoms with Gasteiger partial charge in [0.15, 0.2) is 0 Å². The maximum atomic E-state index is 11.8. The molecule has 0 atom stereocenters. The maximum absolute atomic E-state index is 11.8. The van der Waals surface area contributed by atoms with Crippen molar-refractivity contribution in [3.05, 3.63) is 52.0 Å². The number of nitrogen functional groups attached to an aromatic ring is 1. The lowest BCUT2D eigenvalue weighted by atomic mass is 10.2. The van der Waals surface area contributed by atoms with Crippen LogP contribution in [0.2, 0.25) is 5.02 Å². The van der Waals surface area contributed by atoms with Crippen LogP contribution >= 0.6 is 27.5 Å². The number of benzene rings is 2. The van der Waals surface area contributed by atoms with Gasteiger partial charge in [-0.15, -0.1) is 0 Å². The number of hydrogen-bond donors (Lipinski definition) is 2. The van der Waals surface area contributed by atoms with Crippen LogP contribution in [0.3, 0.4) is 0 Å². The highest BCUT2D eigenvalue weighted by Gasteiger charge is 2.07. The van der Waals surface area contributed by atoms with Crippen LogP contribution in [0.1, 0.15) is 6.42 Å². The molecule has 0 saturated heterocycles. The van der Waals surface area contributed by atoms with Gasteiger partial charge in [-0.25, -0.2) is 0 Å². The number of para-hydroxylation sites is 1. The molecule has 110 valence electrons. The van der Waals surface area contributed by atoms with Crippen molar-refractivity contribution >= 4 is 44.8 Å². The van der Waals surface area contributed by atoms with Crippen LogP contribution in [0.25, 0.3) is 0 Å². The Morgan fingerprint density at radius 2 is 2.05 bits per heavy atom. The normalized spacial score (nSPS) is 10.2. The molecule has 0 spiro atoms. The molecule has 0 radical (unpaired) electrons. The Morgan fingerprint density at radius 3 is 2.76 bits per heavy atom. The van der Waals surface area contributed by atoms with E-state index in [0.717, 1.165) is 4.47 Å². The Hall–Kier alpha value is -1.72. The van der Waals surface area contributed by atoms with E-state index in [4.69, 9.17) is 22.1 Å². The van der Waals surface area contributed by atoms with E-state index in [0.29, 0.717) is 22.1 Å². The molecule has 3 N–H and O–H groups in total. The van der Waals surface area contributed by atoms with E-state index in [2.05, 4.69) is 21.2 Å². The standard InChI is InChI=1S/C15H14BrClN2O2/c16-11-3-1-2-4-14(11)21-8-7-15(20)19-13-6-5-10(17)9-12(13)18/h1-6,9H,7-8,18H2,(H,19,20). The van der Waals surface area contributed by atoms with E-state index < -0.39 is 0 Å². The summed E-state index contributed by atoms with van der Waals surface area (Å²) >= 11 is 9.18. The van der Waals surface area contributed by atoms with Crippen molar-refractivity contribution in [2.45, 2.75) is 6.42 Å². The minimum absolute atomic E-state index is 0.170. The molecule has 0 unspecified atom stereocenters. The fraction of sp³-hybridized carbons (Fsp3) is 0.133. The predicted molar refractivity (Wildman–Crippen MR) is 88.7 cm³/mol. The summed E-state index contributed by atoms with van der Waals surface area (Å²) in [5.74, 6) is 0.535. The highest BCUT2D eigenvalue weighted by Crippen LogP contribution is 2.24. The van der Waals surface area contributed by atoms with Gasteiger partial charge in [-0.05, 0) is 46.3 Å². The summed E-state index contributed by atoms with van der Waals surface area (Å²) in [6.45, 7) is 0.280. The zero-order valence-electron chi connectivity index (χ0n) is 11.1. The monoisotopic (exact) mass is 368 g/mol. The number of anilines is 2. The fourth-order valence-electron chi connectivity index (χ4n) is 1.68. The highest BCUT2D eigenvalue weighted by atomic mass is 79.9. The van der Waals surface area contributed by atoms with Crippen LogP contribution in [0, 0.1) is 0 Å². The van der Waals surface area contributed by atoms with Gasteiger partial charge in [0.1, 0.15) is 5.75 Å². The molecule has 0 aliphatic rings. The van der Waals surface area contributed by atoms with Crippen molar-refractivity contribution in [2.75, 3.05) is 17.7 Å². The summed E-state index contributed by atoms with van der Waals surface area (Å²) < 4.78 is 6.39. The fourth-order valence-corrected chi connectivity index (χ4v) is 2.26. The lowest BCUT2D eigenvalue weighted by molar-refractivity contribution is -0.116. The average molecular weight is 370 g/mol. The molecule has 0 aliphatic heterocycles. The van der Waals surface area contributed by atoms with Gasteiger partial charge in [0.25, 0.3) is 0 Å². The molecule has 4 nitrogen and oxygen atoms in total. The Bertz CT molecular complexity index is 649. The quantitative estimate of drug-likeness (QED) is 0.780. The Morgan fingerprint density at radius 1 is 1.29 bits per heavy atom. The molecule has 2 aromatic rings. The molecule has 2 rings (SSSR count). The lowest BCUT2D eigenvalue weighted by Gasteiger charge is -2.10. The van der Waals surface area contributed by atoms with Crippen molar-refractivity contribution in [2.24, 2.45) is 0 Å². The first-order valence-electron chi connectivity index (χ1n) is 6.28. The Labute approximate surface area is 136 Å². The second kappa shape index (κ2) is 7.33. The van der Waals surface area contributed by atoms with Gasteiger partial charge in [-0.1, -0.05) is 23.7 Å². The van der Waals surface area contributed by atoms with Crippen molar-refractivity contribution in [1.82, 2.24) is 0 Å². The molecule has 6 heteroatoms. The summed E-state index contributed by atoms with van der Waals surface area (Å²) in [7, 11) is 0. The summed E-state index contributed by atoms with van der Waals surface area (Å²) in [5, 5.41) is 3.25. The summed E-state index contributed by atoms with van der Waals surface area (Å²) in [5.41, 5.74) is 6.75. The summed E-state index contributed by atoms with van der Waals surface area (Å²) in [6, 6.07) is 12.4. The average Bonchev–Trinajstić information content (AvgIpc) is 2.44. The number of hydrogen-bond acceptors (Lipinski definition) is 3. The van der Waals surface area contributed by atoms with Crippen LogP contribution in [0.4, 0.5) is 11.4 Å². The third-order valence-electron chi connectivity index (χ3n) is 2.71. The van der Waals surface area contributed by atoms with Crippen LogP contribution in [0.5, 0.6) is 5.75 Å². The van der Waals surface area contributed by atoms with Crippen molar-refractivity contribution in [1.29, 1.82) is 0 Å². The smallest absolute Gasteiger partial charge is 0.227 e. The molecular weight excluding hydrogens is 356 g/mol. The zero-order valence-corrected chi connectivity index (χ0v) is 13.4. The number of carbonyl (C=O) groups is 1. The van der Waals surface area contributed by atoms with Gasteiger partial charge < -0.3 is 15.8 Å². The van der Waals surface area contributed by atoms with Gasteiger partial charge in [0.05, 0.1) is 28.9 Å². The number of carbonyl (C=O) groups excluding carboxylic acids is 1. The van der Waals surface area contributed by atoms with E-state index in [-0.39, 0.29) is 18.9 Å². The van der Waals surface area contributed by atoms with Gasteiger partial charge >= 0.3 is 0 Å². The first-order valence-corrected chi connectivity index (χ1v) is 7.45. The van der Waals surface area contributed by atoms with Crippen molar-refractivity contribution in [3.8, 4) is 5.75 Å². The number of nitrogens with one attached hydrogen (secondary N) is 1. The molecule has 0 aliphatic carbocycles. The largest absolute Gasteiger partial charge is 0.492 e. The minimum atomic E-state index is -0.170. The number of halogens is 2. The van der Waals surface area contributed by atoms with Crippen LogP contribution in [-0.4, -0.2) is 12.5 Å². The van der Waals surface area contributed by atoms with E-state index in [1.54, 1.807) is 18.2 Å². The number of rotatable bonds is 5. The van der Waals surface area contributed by atoms with Crippen LogP contribution in [-0.2, 0) is 4.79 Å². The van der Waals surface area contributed by atoms with Crippen molar-refractivity contribution < 1.29 is 9.53 Å². The molecule has 0 fully saturated rings. The third-order valence-corrected chi connectivity index (χ3v) is 3.60. The van der Waals surface area contributed by atoms with E-state index in [9.17, 15) is 4.79 Å². The molecule has 1 amide bonds. The number of ether oxygens (including phenoxy) is 1. The Balaban J connectivity index is 1.84. The molecule has 2 aromatic carbocycles. The van der Waals surface area contributed by atoms with Gasteiger partial charge in [-0.2, -0.15) is 0 Å². The number of amides is 1. The van der Waals surface area contributed by atoms with Gasteiger partial charge in [-0.3, -0.25) is 4.79 Å². The molecule has 0 aromatic heterocycles. The minimum Gasteiger partial charge on any atom is -0.492 e. The zero-order chi connectivity index (χ0) is 15.2. The summed E-state index contributed by atoms with van der Waals surface area (Å²) in [6.07, 6.45) is 0.226. The first-order chi connectivity index (χ1) is 10.1. The number of nitrogens with two attached hydrogens (primary N) is 1.